The number of imidazole rings is 1. The molecule has 0 aliphatic heterocycles. The highest BCUT2D eigenvalue weighted by Crippen LogP contribution is 2.26. The third-order valence-corrected chi connectivity index (χ3v) is 8.68. The van der Waals surface area contributed by atoms with Gasteiger partial charge in [-0.05, 0) is 59.7 Å². The van der Waals surface area contributed by atoms with E-state index in [9.17, 15) is 24.6 Å². The lowest BCUT2D eigenvalue weighted by molar-refractivity contribution is 0.102. The molecule has 17 heteroatoms. The van der Waals surface area contributed by atoms with E-state index in [4.69, 9.17) is 28.9 Å². The Balaban J connectivity index is 0.000000211. The predicted octanol–water partition coefficient (Wildman–Crippen LogP) is 6.15. The van der Waals surface area contributed by atoms with Crippen LogP contribution in [0.15, 0.2) is 120 Å². The summed E-state index contributed by atoms with van der Waals surface area (Å²) in [5, 5.41) is 30.4. The summed E-state index contributed by atoms with van der Waals surface area (Å²) in [5.74, 6) is -0.221. The van der Waals surface area contributed by atoms with Gasteiger partial charge in [-0.2, -0.15) is 0 Å². The molecule has 2 atom stereocenters. The molecule has 0 aliphatic rings. The molecule has 15 nitrogen and oxygen atoms in total. The van der Waals surface area contributed by atoms with Gasteiger partial charge < -0.3 is 46.8 Å². The zero-order valence-corrected chi connectivity index (χ0v) is 30.3. The third-order valence-electron chi connectivity index (χ3n) is 8.21. The van der Waals surface area contributed by atoms with Gasteiger partial charge in [0, 0.05) is 47.9 Å². The highest BCUT2D eigenvalue weighted by molar-refractivity contribution is 6.30. The van der Waals surface area contributed by atoms with Crippen molar-refractivity contribution in [3.63, 3.8) is 0 Å². The number of carbonyl (C=O) groups is 1. The maximum atomic E-state index is 12.6. The van der Waals surface area contributed by atoms with Crippen LogP contribution >= 0.6 is 23.2 Å². The number of halogens is 2. The average molecular weight is 798 g/mol. The molecule has 7 rings (SSSR count). The number of nitrogen functional groups attached to an aromatic ring is 1. The summed E-state index contributed by atoms with van der Waals surface area (Å²) in [6, 6.07) is 20.4. The van der Waals surface area contributed by atoms with Crippen molar-refractivity contribution < 1.29 is 15.0 Å². The van der Waals surface area contributed by atoms with Gasteiger partial charge in [0.05, 0.1) is 58.4 Å². The smallest absolute Gasteiger partial charge is 0.263 e. The van der Waals surface area contributed by atoms with Crippen molar-refractivity contribution in [2.45, 2.75) is 19.6 Å². The van der Waals surface area contributed by atoms with E-state index >= 15 is 0 Å². The maximum Gasteiger partial charge on any atom is 0.263 e. The molecule has 0 fully saturated rings. The van der Waals surface area contributed by atoms with E-state index in [1.165, 1.54) is 30.7 Å². The van der Waals surface area contributed by atoms with Crippen molar-refractivity contribution >= 4 is 62.9 Å². The number of anilines is 4. The van der Waals surface area contributed by atoms with E-state index in [0.717, 1.165) is 5.52 Å². The standard InChI is InChI=1S/C19H18ClN5O3.C19H16ClN5O2.CH4/c20-12-3-1-2-11(8-12)16(26)10-24-14-5-7-23-18(27)17(14)19(28)25-15-9-22-6-4-13(15)21;20-12-3-1-2-11(8-12)16(26)10-23-14-5-7-22-19(27)17(14)18-24-13-4-6-21-9-15(13)25-18;/h1-9,16,26H,10H2,(H2,21,22)(H,25,28)(H2,23,24,27);1-9,16,26H,10H2,(H,24,25)(H2,22,23,27);1H4. The number of amides is 1. The molecule has 7 aromatic rings. The SMILES string of the molecule is C.Nc1ccncc1NC(=O)c1c(NCC(O)c2cccc(Cl)c2)cc[nH]c1=O.O=c1[nH]ccc(NCC(O)c2cccc(Cl)c2)c1-c1nc2ccncc2[nH]1. The first-order valence-electron chi connectivity index (χ1n) is 16.7. The van der Waals surface area contributed by atoms with Crippen molar-refractivity contribution in [1.82, 2.24) is 29.9 Å². The van der Waals surface area contributed by atoms with Gasteiger partial charge in [0.25, 0.3) is 17.0 Å². The van der Waals surface area contributed by atoms with Gasteiger partial charge in [0.15, 0.2) is 0 Å². The van der Waals surface area contributed by atoms with Crippen molar-refractivity contribution in [2.75, 3.05) is 34.8 Å². The van der Waals surface area contributed by atoms with Gasteiger partial charge in [-0.3, -0.25) is 24.4 Å². The molecule has 56 heavy (non-hydrogen) atoms. The second-order valence-electron chi connectivity index (χ2n) is 12.0. The Labute approximate surface area is 330 Å². The summed E-state index contributed by atoms with van der Waals surface area (Å²) < 4.78 is 0. The largest absolute Gasteiger partial charge is 0.397 e. The van der Waals surface area contributed by atoms with Crippen LogP contribution in [0.4, 0.5) is 22.7 Å². The molecule has 10 N–H and O–H groups in total. The fourth-order valence-electron chi connectivity index (χ4n) is 5.46. The van der Waals surface area contributed by atoms with Crippen LogP contribution in [0.1, 0.15) is 41.1 Å². The van der Waals surface area contributed by atoms with Gasteiger partial charge in [0.1, 0.15) is 17.0 Å². The Bertz CT molecular complexity index is 2530. The minimum atomic E-state index is -0.886. The number of carbonyl (C=O) groups excluding carboxylic acids is 1. The van der Waals surface area contributed by atoms with Crippen LogP contribution in [-0.2, 0) is 0 Å². The van der Waals surface area contributed by atoms with E-state index in [2.05, 4.69) is 45.9 Å². The number of aromatic amines is 3. The number of hydrogen-bond donors (Lipinski definition) is 9. The topological polar surface area (TPSA) is 240 Å². The van der Waals surface area contributed by atoms with Crippen LogP contribution in [0.25, 0.3) is 22.4 Å². The zero-order chi connectivity index (χ0) is 38.9. The Hall–Kier alpha value is -6.52. The lowest BCUT2D eigenvalue weighted by atomic mass is 10.1. The number of rotatable bonds is 11. The van der Waals surface area contributed by atoms with Crippen LogP contribution in [-0.4, -0.2) is 59.1 Å². The molecule has 0 radical (unpaired) electrons. The Morgan fingerprint density at radius 1 is 0.768 bits per heavy atom. The summed E-state index contributed by atoms with van der Waals surface area (Å²) in [6.45, 7) is 0.275. The Morgan fingerprint density at radius 3 is 1.98 bits per heavy atom. The number of nitrogens with one attached hydrogen (secondary N) is 6. The third kappa shape index (κ3) is 9.96. The molecule has 2 aromatic carbocycles. The number of benzene rings is 2. The highest BCUT2D eigenvalue weighted by atomic mass is 35.5. The normalized spacial score (nSPS) is 11.7. The first-order valence-corrected chi connectivity index (χ1v) is 17.4. The van der Waals surface area contributed by atoms with Crippen LogP contribution in [0.5, 0.6) is 0 Å². The van der Waals surface area contributed by atoms with E-state index < -0.39 is 23.7 Å². The van der Waals surface area contributed by atoms with E-state index in [0.29, 0.717) is 55.1 Å². The molecule has 1 amide bonds. The molecule has 0 saturated carbocycles. The molecule has 0 bridgehead atoms. The number of hydrogen-bond acceptors (Lipinski definition) is 11. The number of aliphatic hydroxyl groups excluding tert-OH is 2. The monoisotopic (exact) mass is 796 g/mol. The first-order chi connectivity index (χ1) is 26.6. The number of pyridine rings is 4. The van der Waals surface area contributed by atoms with Gasteiger partial charge in [-0.25, -0.2) is 4.98 Å². The number of nitrogens with zero attached hydrogens (tertiary/aromatic N) is 3. The van der Waals surface area contributed by atoms with Crippen LogP contribution in [0, 0.1) is 0 Å². The van der Waals surface area contributed by atoms with Gasteiger partial charge in [-0.15, -0.1) is 0 Å². The molecule has 0 spiro atoms. The van der Waals surface area contributed by atoms with Crippen LogP contribution in [0.3, 0.4) is 0 Å². The lowest BCUT2D eigenvalue weighted by Crippen LogP contribution is -2.26. The molecular weight excluding hydrogens is 759 g/mol. The van der Waals surface area contributed by atoms with E-state index in [-0.39, 0.29) is 37.3 Å². The van der Waals surface area contributed by atoms with Crippen LogP contribution in [0.2, 0.25) is 10.0 Å². The number of H-pyrrole nitrogens is 3. The first kappa shape index (κ1) is 40.7. The lowest BCUT2D eigenvalue weighted by Gasteiger charge is -2.15. The van der Waals surface area contributed by atoms with Crippen molar-refractivity contribution in [1.29, 1.82) is 0 Å². The number of nitrogens with two attached hydrogens (primary N) is 1. The molecule has 2 unspecified atom stereocenters. The average Bonchev–Trinajstić information content (AvgIpc) is 3.61. The summed E-state index contributed by atoms with van der Waals surface area (Å²) in [6.07, 6.45) is 7.46. The molecule has 0 saturated heterocycles. The second-order valence-corrected chi connectivity index (χ2v) is 12.9. The van der Waals surface area contributed by atoms with E-state index in [1.54, 1.807) is 79.3 Å². The fraction of sp³-hybridized carbons (Fsp3) is 0.128. The van der Waals surface area contributed by atoms with Gasteiger partial charge in [0.2, 0.25) is 0 Å². The predicted molar refractivity (Wildman–Crippen MR) is 220 cm³/mol. The molecule has 288 valence electrons. The quantitative estimate of drug-likeness (QED) is 0.0719. The zero-order valence-electron chi connectivity index (χ0n) is 28.8. The molecule has 0 aliphatic carbocycles. The minimum Gasteiger partial charge on any atom is -0.397 e. The van der Waals surface area contributed by atoms with E-state index in [1.807, 2.05) is 0 Å². The Morgan fingerprint density at radius 2 is 1.36 bits per heavy atom. The van der Waals surface area contributed by atoms with Crippen molar-refractivity contribution in [3.05, 3.63) is 157 Å². The summed E-state index contributed by atoms with van der Waals surface area (Å²) in [5.41, 5.74) is 9.36. The van der Waals surface area contributed by atoms with Crippen molar-refractivity contribution in [3.8, 4) is 11.4 Å². The molecular formula is C39H38Cl2N10O5. The maximum absolute atomic E-state index is 12.6. The fourth-order valence-corrected chi connectivity index (χ4v) is 5.86. The summed E-state index contributed by atoms with van der Waals surface area (Å²) in [7, 11) is 0. The minimum absolute atomic E-state index is 0. The summed E-state index contributed by atoms with van der Waals surface area (Å²) in [4.78, 5) is 57.9. The molecule has 5 heterocycles. The number of fused-ring (bicyclic) bond motifs is 1. The summed E-state index contributed by atoms with van der Waals surface area (Å²) >= 11 is 11.9. The van der Waals surface area contributed by atoms with Crippen molar-refractivity contribution in [2.24, 2.45) is 0 Å². The molecule has 5 aromatic heterocycles. The highest BCUT2D eigenvalue weighted by Gasteiger charge is 2.19. The number of aliphatic hydroxyl groups is 2. The number of aromatic nitrogens is 6. The van der Waals surface area contributed by atoms with Gasteiger partial charge >= 0.3 is 0 Å². The Kier molecular flexibility index (Phi) is 13.6. The van der Waals surface area contributed by atoms with Crippen LogP contribution < -0.4 is 32.8 Å². The second kappa shape index (κ2) is 18.7. The van der Waals surface area contributed by atoms with Gasteiger partial charge in [-0.1, -0.05) is 54.9 Å².